The number of halogens is 1. The number of nitrogens with two attached hydrogens (primary N) is 1. The van der Waals surface area contributed by atoms with Gasteiger partial charge < -0.3 is 5.73 Å². The van der Waals surface area contributed by atoms with Gasteiger partial charge in [0.25, 0.3) is 0 Å². The third-order valence-corrected chi connectivity index (χ3v) is 4.49. The molecular weight excluding hydrogens is 227 g/mol. The van der Waals surface area contributed by atoms with Crippen molar-refractivity contribution in [3.63, 3.8) is 0 Å². The highest BCUT2D eigenvalue weighted by atomic mass is 32.2. The van der Waals surface area contributed by atoms with Crippen molar-refractivity contribution in [3.8, 4) is 0 Å². The minimum Gasteiger partial charge on any atom is -0.330 e. The molecule has 1 atom stereocenters. The van der Waals surface area contributed by atoms with Crippen molar-refractivity contribution in [1.82, 2.24) is 0 Å². The predicted molar refractivity (Wildman–Crippen MR) is 65.1 cm³/mol. The minimum atomic E-state index is -2.28. The van der Waals surface area contributed by atoms with E-state index < -0.39 is 9.73 Å². The van der Waals surface area contributed by atoms with Crippen LogP contribution in [-0.2, 0) is 15.5 Å². The van der Waals surface area contributed by atoms with Gasteiger partial charge in [-0.1, -0.05) is 12.1 Å². The van der Waals surface area contributed by atoms with Gasteiger partial charge in [-0.3, -0.25) is 0 Å². The summed E-state index contributed by atoms with van der Waals surface area (Å²) in [5.74, 6) is 0.442. The van der Waals surface area contributed by atoms with Crippen LogP contribution in [0.25, 0.3) is 0 Å². The maximum atomic E-state index is 12.7. The number of hydrogen-bond acceptors (Lipinski definition) is 3. The van der Waals surface area contributed by atoms with Crippen LogP contribution in [0.5, 0.6) is 0 Å². The molecule has 1 unspecified atom stereocenters. The van der Waals surface area contributed by atoms with Gasteiger partial charge in [-0.25, -0.2) is 13.0 Å². The molecule has 0 amide bonds. The molecule has 0 saturated carbocycles. The Morgan fingerprint density at radius 3 is 2.50 bits per heavy atom. The average Bonchev–Trinajstić information content (AvgIpc) is 2.22. The van der Waals surface area contributed by atoms with E-state index in [-0.39, 0.29) is 5.82 Å². The van der Waals surface area contributed by atoms with Crippen molar-refractivity contribution >= 4 is 9.73 Å². The Hall–Kier alpha value is -0.940. The highest BCUT2D eigenvalue weighted by Crippen LogP contribution is 2.10. The first kappa shape index (κ1) is 13.1. The van der Waals surface area contributed by atoms with E-state index in [0.29, 0.717) is 24.6 Å². The smallest absolute Gasteiger partial charge is 0.123 e. The Morgan fingerprint density at radius 2 is 2.00 bits per heavy atom. The third-order valence-electron chi connectivity index (χ3n) is 2.11. The molecule has 0 heterocycles. The third kappa shape index (κ3) is 3.90. The second-order valence-electron chi connectivity index (χ2n) is 3.48. The summed E-state index contributed by atoms with van der Waals surface area (Å²) in [6, 6.07) is 6.00. The van der Waals surface area contributed by atoms with E-state index in [4.69, 9.17) is 5.73 Å². The van der Waals surface area contributed by atoms with Crippen LogP contribution >= 0.6 is 0 Å². The molecule has 5 heteroatoms. The molecule has 0 fully saturated rings. The SMILES string of the molecule is CCN=S(=O)(CCN)Cc1ccc(F)cc1. The number of hydrogen-bond donors (Lipinski definition) is 1. The molecular formula is C11H17FN2OS. The highest BCUT2D eigenvalue weighted by Gasteiger charge is 2.08. The molecule has 90 valence electrons. The average molecular weight is 244 g/mol. The van der Waals surface area contributed by atoms with Gasteiger partial charge in [0, 0.05) is 18.8 Å². The van der Waals surface area contributed by atoms with Crippen LogP contribution < -0.4 is 5.73 Å². The number of benzene rings is 1. The lowest BCUT2D eigenvalue weighted by Gasteiger charge is -2.08. The topological polar surface area (TPSA) is 55.5 Å². The van der Waals surface area contributed by atoms with E-state index in [9.17, 15) is 8.60 Å². The highest BCUT2D eigenvalue weighted by molar-refractivity contribution is 7.92. The first-order valence-electron chi connectivity index (χ1n) is 5.22. The Morgan fingerprint density at radius 1 is 1.38 bits per heavy atom. The summed E-state index contributed by atoms with van der Waals surface area (Å²) in [6.45, 7) is 2.71. The lowest BCUT2D eigenvalue weighted by atomic mass is 10.2. The summed E-state index contributed by atoms with van der Waals surface area (Å²) in [6.07, 6.45) is 0. The quantitative estimate of drug-likeness (QED) is 0.858. The second kappa shape index (κ2) is 5.96. The summed E-state index contributed by atoms with van der Waals surface area (Å²) < 4.78 is 29.1. The monoisotopic (exact) mass is 244 g/mol. The van der Waals surface area contributed by atoms with Crippen molar-refractivity contribution in [1.29, 1.82) is 0 Å². The van der Waals surface area contributed by atoms with Crippen molar-refractivity contribution in [3.05, 3.63) is 35.6 Å². The molecule has 0 aliphatic rings. The van der Waals surface area contributed by atoms with Crippen LogP contribution in [0.15, 0.2) is 28.6 Å². The molecule has 2 N–H and O–H groups in total. The van der Waals surface area contributed by atoms with Gasteiger partial charge in [0.05, 0.1) is 15.5 Å². The summed E-state index contributed by atoms with van der Waals surface area (Å²) in [4.78, 5) is 0. The van der Waals surface area contributed by atoms with Crippen LogP contribution in [0, 0.1) is 5.82 Å². The lowest BCUT2D eigenvalue weighted by Crippen LogP contribution is -2.17. The summed E-state index contributed by atoms with van der Waals surface area (Å²) in [5.41, 5.74) is 6.25. The fourth-order valence-electron chi connectivity index (χ4n) is 1.44. The van der Waals surface area contributed by atoms with Crippen molar-refractivity contribution in [2.75, 3.05) is 18.8 Å². The summed E-state index contributed by atoms with van der Waals surface area (Å²) in [7, 11) is -2.28. The number of rotatable bonds is 5. The van der Waals surface area contributed by atoms with Crippen LogP contribution in [0.1, 0.15) is 12.5 Å². The zero-order chi connectivity index (χ0) is 12.0. The van der Waals surface area contributed by atoms with Gasteiger partial charge >= 0.3 is 0 Å². The van der Waals surface area contributed by atoms with Gasteiger partial charge in [0.2, 0.25) is 0 Å². The first-order chi connectivity index (χ1) is 7.59. The first-order valence-corrected chi connectivity index (χ1v) is 7.08. The Bertz CT molecular complexity index is 436. The minimum absolute atomic E-state index is 0.290. The molecule has 0 saturated heterocycles. The molecule has 1 aromatic rings. The predicted octanol–water partition coefficient (Wildman–Crippen LogP) is 1.77. The lowest BCUT2D eigenvalue weighted by molar-refractivity contribution is 0.627. The molecule has 0 bridgehead atoms. The van der Waals surface area contributed by atoms with Gasteiger partial charge in [-0.05, 0) is 24.6 Å². The Labute approximate surface area is 96.0 Å². The zero-order valence-electron chi connectivity index (χ0n) is 9.36. The van der Waals surface area contributed by atoms with E-state index in [0.717, 1.165) is 5.56 Å². The molecule has 0 radical (unpaired) electrons. The molecule has 0 aromatic heterocycles. The van der Waals surface area contributed by atoms with Crippen molar-refractivity contribution in [2.24, 2.45) is 10.1 Å². The van der Waals surface area contributed by atoms with Crippen LogP contribution in [0.3, 0.4) is 0 Å². The number of nitrogens with zero attached hydrogens (tertiary/aromatic N) is 1. The molecule has 1 aromatic carbocycles. The largest absolute Gasteiger partial charge is 0.330 e. The standard InChI is InChI=1S/C11H17FN2OS/c1-2-14-16(15,8-7-13)9-10-3-5-11(12)6-4-10/h3-6H,2,7-9,13H2,1H3. The Balaban J connectivity index is 2.88. The molecule has 0 aliphatic carbocycles. The fraction of sp³-hybridized carbons (Fsp3) is 0.455. The normalized spacial score (nSPS) is 14.4. The maximum Gasteiger partial charge on any atom is 0.123 e. The van der Waals surface area contributed by atoms with E-state index >= 15 is 0 Å². The molecule has 1 rings (SSSR count). The van der Waals surface area contributed by atoms with Gasteiger partial charge in [-0.15, -0.1) is 0 Å². The summed E-state index contributed by atoms with van der Waals surface area (Å²) in [5, 5.41) is 0. The van der Waals surface area contributed by atoms with Crippen LogP contribution in [0.2, 0.25) is 0 Å². The van der Waals surface area contributed by atoms with Crippen molar-refractivity contribution in [2.45, 2.75) is 12.7 Å². The summed E-state index contributed by atoms with van der Waals surface area (Å²) >= 11 is 0. The van der Waals surface area contributed by atoms with Crippen LogP contribution in [-0.4, -0.2) is 23.1 Å². The molecule has 0 spiro atoms. The molecule has 0 aliphatic heterocycles. The van der Waals surface area contributed by atoms with Gasteiger partial charge in [0.1, 0.15) is 5.82 Å². The van der Waals surface area contributed by atoms with E-state index in [1.54, 1.807) is 12.1 Å². The fourth-order valence-corrected chi connectivity index (χ4v) is 3.36. The van der Waals surface area contributed by atoms with Crippen molar-refractivity contribution < 1.29 is 8.60 Å². The van der Waals surface area contributed by atoms with E-state index in [2.05, 4.69) is 4.36 Å². The van der Waals surface area contributed by atoms with Gasteiger partial charge in [0.15, 0.2) is 0 Å². The van der Waals surface area contributed by atoms with Gasteiger partial charge in [-0.2, -0.15) is 0 Å². The molecule has 3 nitrogen and oxygen atoms in total. The Kier molecular flexibility index (Phi) is 4.89. The van der Waals surface area contributed by atoms with E-state index in [1.807, 2.05) is 6.92 Å². The second-order valence-corrected chi connectivity index (χ2v) is 5.98. The molecule has 16 heavy (non-hydrogen) atoms. The zero-order valence-corrected chi connectivity index (χ0v) is 10.2. The van der Waals surface area contributed by atoms with Crippen LogP contribution in [0.4, 0.5) is 4.39 Å². The van der Waals surface area contributed by atoms with E-state index in [1.165, 1.54) is 12.1 Å². The maximum absolute atomic E-state index is 12.7.